The van der Waals surface area contributed by atoms with Gasteiger partial charge in [-0.3, -0.25) is 19.5 Å². The molecule has 0 saturated heterocycles. The van der Waals surface area contributed by atoms with Crippen LogP contribution < -0.4 is 5.32 Å². The summed E-state index contributed by atoms with van der Waals surface area (Å²) in [6, 6.07) is 17.8. The van der Waals surface area contributed by atoms with Crippen molar-refractivity contribution in [3.05, 3.63) is 79.0 Å². The third-order valence-corrected chi connectivity index (χ3v) is 4.83. The van der Waals surface area contributed by atoms with Crippen LogP contribution in [0.15, 0.2) is 73.4 Å². The van der Waals surface area contributed by atoms with Crippen LogP contribution in [-0.4, -0.2) is 39.4 Å². The minimum atomic E-state index is -0.311. The molecule has 0 bridgehead atoms. The molecule has 0 spiro atoms. The maximum atomic E-state index is 12.8. The number of amides is 2. The second kappa shape index (κ2) is 9.89. The number of anilines is 1. The van der Waals surface area contributed by atoms with E-state index < -0.39 is 0 Å². The average molecular weight is 417 g/mol. The highest BCUT2D eigenvalue weighted by Gasteiger charge is 2.20. The Morgan fingerprint density at radius 1 is 1.13 bits per heavy atom. The van der Waals surface area contributed by atoms with Crippen LogP contribution in [0.4, 0.5) is 5.95 Å². The summed E-state index contributed by atoms with van der Waals surface area (Å²) in [7, 11) is 0. The van der Waals surface area contributed by atoms with Gasteiger partial charge in [0.15, 0.2) is 0 Å². The number of nitrogens with one attached hydrogen (secondary N) is 1. The van der Waals surface area contributed by atoms with E-state index in [0.717, 1.165) is 22.5 Å². The number of imidazole rings is 1. The molecule has 0 saturated carbocycles. The van der Waals surface area contributed by atoms with Crippen molar-refractivity contribution in [1.82, 2.24) is 14.5 Å². The topological polar surface area (TPSA) is 67.2 Å². The van der Waals surface area contributed by atoms with E-state index >= 15 is 0 Å². The van der Waals surface area contributed by atoms with Gasteiger partial charge in [0, 0.05) is 29.9 Å². The SMILES string of the molecule is C=CCN(CC(=O)Nc1nc(-c2ccccc2)cn1-c1ccc(C)cc1)C(=O)C(C)C. The van der Waals surface area contributed by atoms with E-state index in [9.17, 15) is 9.59 Å². The van der Waals surface area contributed by atoms with E-state index in [1.165, 1.54) is 4.90 Å². The molecule has 0 fully saturated rings. The Labute approximate surface area is 183 Å². The molecule has 3 aromatic rings. The van der Waals surface area contributed by atoms with Crippen molar-refractivity contribution in [3.63, 3.8) is 0 Å². The molecule has 1 heterocycles. The van der Waals surface area contributed by atoms with Crippen LogP contribution in [0.2, 0.25) is 0 Å². The van der Waals surface area contributed by atoms with Crippen molar-refractivity contribution >= 4 is 17.8 Å². The molecule has 6 nitrogen and oxygen atoms in total. The first-order chi connectivity index (χ1) is 14.9. The van der Waals surface area contributed by atoms with Gasteiger partial charge in [0.25, 0.3) is 0 Å². The molecule has 3 rings (SSSR count). The van der Waals surface area contributed by atoms with Crippen molar-refractivity contribution in [2.45, 2.75) is 20.8 Å². The van der Waals surface area contributed by atoms with Crippen molar-refractivity contribution in [3.8, 4) is 16.9 Å². The standard InChI is InChI=1S/C25H28N4O2/c1-5-15-28(24(31)18(2)3)17-23(30)27-25-26-22(20-9-7-6-8-10-20)16-29(25)21-13-11-19(4)12-14-21/h5-14,16,18H,1,15,17H2,2-4H3,(H,26,27,30). The first-order valence-corrected chi connectivity index (χ1v) is 10.3. The number of rotatable bonds is 8. The number of benzene rings is 2. The van der Waals surface area contributed by atoms with Gasteiger partial charge in [-0.05, 0) is 19.1 Å². The van der Waals surface area contributed by atoms with Gasteiger partial charge in [-0.25, -0.2) is 4.98 Å². The summed E-state index contributed by atoms with van der Waals surface area (Å²) < 4.78 is 1.85. The van der Waals surface area contributed by atoms with Crippen molar-refractivity contribution in [2.24, 2.45) is 5.92 Å². The molecular weight excluding hydrogens is 388 g/mol. The van der Waals surface area contributed by atoms with E-state index in [1.54, 1.807) is 6.08 Å². The van der Waals surface area contributed by atoms with E-state index in [-0.39, 0.29) is 24.3 Å². The summed E-state index contributed by atoms with van der Waals surface area (Å²) in [5.74, 6) is -0.202. The first kappa shape index (κ1) is 22.0. The van der Waals surface area contributed by atoms with Crippen LogP contribution >= 0.6 is 0 Å². The molecule has 6 heteroatoms. The van der Waals surface area contributed by atoms with Gasteiger partial charge in [0.2, 0.25) is 17.8 Å². The minimum Gasteiger partial charge on any atom is -0.329 e. The molecule has 160 valence electrons. The highest BCUT2D eigenvalue weighted by atomic mass is 16.2. The highest BCUT2D eigenvalue weighted by Crippen LogP contribution is 2.24. The average Bonchev–Trinajstić information content (AvgIpc) is 3.17. The summed E-state index contributed by atoms with van der Waals surface area (Å²) in [5.41, 5.74) is 3.73. The third-order valence-electron chi connectivity index (χ3n) is 4.83. The molecule has 2 aromatic carbocycles. The molecule has 0 radical (unpaired) electrons. The summed E-state index contributed by atoms with van der Waals surface area (Å²) in [6.45, 7) is 9.58. The fourth-order valence-electron chi connectivity index (χ4n) is 3.21. The van der Waals surface area contributed by atoms with E-state index in [0.29, 0.717) is 12.5 Å². The molecule has 0 aliphatic heterocycles. The second-order valence-electron chi connectivity index (χ2n) is 7.73. The van der Waals surface area contributed by atoms with Gasteiger partial charge in [0.05, 0.1) is 5.69 Å². The van der Waals surface area contributed by atoms with Gasteiger partial charge in [-0.2, -0.15) is 0 Å². The normalized spacial score (nSPS) is 10.7. The van der Waals surface area contributed by atoms with E-state index in [2.05, 4.69) is 16.9 Å². The van der Waals surface area contributed by atoms with E-state index in [1.807, 2.05) is 86.1 Å². The summed E-state index contributed by atoms with van der Waals surface area (Å²) in [5, 5.41) is 2.88. The third kappa shape index (κ3) is 5.48. The zero-order valence-electron chi connectivity index (χ0n) is 18.2. The van der Waals surface area contributed by atoms with Crippen LogP contribution in [-0.2, 0) is 9.59 Å². The minimum absolute atomic E-state index is 0.0650. The van der Waals surface area contributed by atoms with Crippen LogP contribution in [0, 0.1) is 12.8 Å². The number of carbonyl (C=O) groups excluding carboxylic acids is 2. The highest BCUT2D eigenvalue weighted by molar-refractivity contribution is 5.94. The van der Waals surface area contributed by atoms with Gasteiger partial charge >= 0.3 is 0 Å². The maximum absolute atomic E-state index is 12.8. The first-order valence-electron chi connectivity index (χ1n) is 10.3. The van der Waals surface area contributed by atoms with Crippen molar-refractivity contribution in [2.75, 3.05) is 18.4 Å². The predicted molar refractivity (Wildman–Crippen MR) is 124 cm³/mol. The lowest BCUT2D eigenvalue weighted by molar-refractivity contribution is -0.136. The van der Waals surface area contributed by atoms with Crippen molar-refractivity contribution in [1.29, 1.82) is 0 Å². The monoisotopic (exact) mass is 416 g/mol. The summed E-state index contributed by atoms with van der Waals surface area (Å²) in [4.78, 5) is 31.4. The summed E-state index contributed by atoms with van der Waals surface area (Å²) >= 11 is 0. The van der Waals surface area contributed by atoms with Gasteiger partial charge in [0.1, 0.15) is 6.54 Å². The number of hydrogen-bond acceptors (Lipinski definition) is 3. The smallest absolute Gasteiger partial charge is 0.246 e. The van der Waals surface area contributed by atoms with E-state index in [4.69, 9.17) is 0 Å². The molecule has 0 atom stereocenters. The Balaban J connectivity index is 1.90. The summed E-state index contributed by atoms with van der Waals surface area (Å²) in [6.07, 6.45) is 3.52. The number of aromatic nitrogens is 2. The molecule has 2 amide bonds. The van der Waals surface area contributed by atoms with Crippen LogP contribution in [0.25, 0.3) is 16.9 Å². The van der Waals surface area contributed by atoms with Crippen molar-refractivity contribution < 1.29 is 9.59 Å². The fraction of sp³-hybridized carbons (Fsp3) is 0.240. The lowest BCUT2D eigenvalue weighted by Gasteiger charge is -2.22. The fourth-order valence-corrected chi connectivity index (χ4v) is 3.21. The Morgan fingerprint density at radius 3 is 2.42 bits per heavy atom. The largest absolute Gasteiger partial charge is 0.329 e. The molecule has 0 unspecified atom stereocenters. The van der Waals surface area contributed by atoms with Gasteiger partial charge < -0.3 is 4.90 Å². The Bertz CT molecular complexity index is 1050. The maximum Gasteiger partial charge on any atom is 0.246 e. The van der Waals surface area contributed by atoms with Gasteiger partial charge in [-0.15, -0.1) is 6.58 Å². The molecule has 31 heavy (non-hydrogen) atoms. The lowest BCUT2D eigenvalue weighted by atomic mass is 10.2. The van der Waals surface area contributed by atoms with Crippen LogP contribution in [0.3, 0.4) is 0 Å². The molecule has 1 N–H and O–H groups in total. The molecule has 1 aromatic heterocycles. The number of nitrogens with zero attached hydrogens (tertiary/aromatic N) is 3. The van der Waals surface area contributed by atoms with Crippen LogP contribution in [0.1, 0.15) is 19.4 Å². The van der Waals surface area contributed by atoms with Gasteiger partial charge in [-0.1, -0.05) is 68.0 Å². The zero-order chi connectivity index (χ0) is 22.4. The number of hydrogen-bond donors (Lipinski definition) is 1. The number of carbonyl (C=O) groups is 2. The Hall–Kier alpha value is -3.67. The van der Waals surface area contributed by atoms with Crippen LogP contribution in [0.5, 0.6) is 0 Å². The molecule has 0 aliphatic carbocycles. The zero-order valence-corrected chi connectivity index (χ0v) is 18.2. The molecule has 0 aliphatic rings. The quantitative estimate of drug-likeness (QED) is 0.552. The lowest BCUT2D eigenvalue weighted by Crippen LogP contribution is -2.40. The Kier molecular flexibility index (Phi) is 7.03. The number of aryl methyl sites for hydroxylation is 1. The molecular formula is C25H28N4O2. The predicted octanol–water partition coefficient (Wildman–Crippen LogP) is 4.46. The second-order valence-corrected chi connectivity index (χ2v) is 7.73. The Morgan fingerprint density at radius 2 is 1.81 bits per heavy atom.